The third kappa shape index (κ3) is 8.71. The van der Waals surface area contributed by atoms with Gasteiger partial charge in [-0.2, -0.15) is 0 Å². The fraction of sp³-hybridized carbons (Fsp3) is 0.613. The fourth-order valence-electron chi connectivity index (χ4n) is 4.00. The quantitative estimate of drug-likeness (QED) is 0.319. The van der Waals surface area contributed by atoms with Gasteiger partial charge < -0.3 is 27.9 Å². The van der Waals surface area contributed by atoms with Crippen molar-refractivity contribution in [2.75, 3.05) is 7.15 Å². The van der Waals surface area contributed by atoms with E-state index in [0.29, 0.717) is 0 Å². The van der Waals surface area contributed by atoms with Gasteiger partial charge in [-0.25, -0.2) is 0 Å². The molecule has 0 saturated carbocycles. The summed E-state index contributed by atoms with van der Waals surface area (Å²) in [5.41, 5.74) is -0.873. The van der Waals surface area contributed by atoms with Crippen LogP contribution >= 0.6 is 15.9 Å². The van der Waals surface area contributed by atoms with Gasteiger partial charge >= 0.3 is 21.1 Å². The number of alkyl halides is 1. The lowest BCUT2D eigenvalue weighted by atomic mass is 9.49. The zero-order valence-corrected chi connectivity index (χ0v) is 29.0. The van der Waals surface area contributed by atoms with Gasteiger partial charge in [0.2, 0.25) is 0 Å². The first-order valence-electron chi connectivity index (χ1n) is 15.0. The third-order valence-electron chi connectivity index (χ3n) is 8.82. The van der Waals surface area contributed by atoms with Crippen molar-refractivity contribution in [1.82, 2.24) is 0 Å². The van der Waals surface area contributed by atoms with Crippen LogP contribution in [0.25, 0.3) is 0 Å². The Morgan fingerprint density at radius 1 is 0.524 bits per heavy atom. The van der Waals surface area contributed by atoms with Gasteiger partial charge in [0, 0.05) is 4.47 Å². The number of benzene rings is 2. The molecule has 0 aromatic heterocycles. The summed E-state index contributed by atoms with van der Waals surface area (Å²) in [6, 6.07) is 20.0. The topological polar surface area (TPSA) is 55.4 Å². The standard InChI is InChI=1S/C12H24B2O4.C12H17BO2.C6H5Br.CH3F/c1-9(2)10(3,4)16-13(15-9)14-17-11(5,6)12(7,8)18-14;1-11(2)12(3,4)15-13(14-11)10-8-6-5-7-9-10;7-6-4-2-1-3-5-6;1-2/h1-8H3;5-9H,1-4H3;1-5H;1H3/i;;;1D. The number of hydrogen-bond acceptors (Lipinski definition) is 6. The van der Waals surface area contributed by atoms with E-state index in [1.165, 1.54) is 0 Å². The molecule has 3 aliphatic rings. The molecule has 3 fully saturated rings. The Morgan fingerprint density at radius 2 is 0.786 bits per heavy atom. The molecule has 3 aliphatic heterocycles. The maximum absolute atomic E-state index is 9.96. The zero-order valence-electron chi connectivity index (χ0n) is 28.4. The molecule has 0 unspecified atom stereocenters. The Kier molecular flexibility index (Phi) is 11.6. The summed E-state index contributed by atoms with van der Waals surface area (Å²) >= 11 is 3.31. The van der Waals surface area contributed by atoms with Crippen LogP contribution in [0.5, 0.6) is 0 Å². The van der Waals surface area contributed by atoms with Gasteiger partial charge in [0.25, 0.3) is 0 Å². The number of rotatable bonds is 2. The van der Waals surface area contributed by atoms with Crippen LogP contribution in [0.1, 0.15) is 84.5 Å². The molecule has 2 aromatic rings. The Balaban J connectivity index is 0.000000231. The lowest BCUT2D eigenvalue weighted by Crippen LogP contribution is -2.41. The third-order valence-corrected chi connectivity index (χ3v) is 9.35. The summed E-state index contributed by atoms with van der Waals surface area (Å²) in [5.74, 6) is 0. The summed E-state index contributed by atoms with van der Waals surface area (Å²) in [5, 5.41) is 0. The second-order valence-electron chi connectivity index (χ2n) is 13.5. The van der Waals surface area contributed by atoms with Crippen molar-refractivity contribution >= 4 is 42.5 Å². The summed E-state index contributed by atoms with van der Waals surface area (Å²) in [6.07, 6.45) is 0. The Morgan fingerprint density at radius 3 is 1.05 bits per heavy atom. The minimum Gasteiger partial charge on any atom is -0.405 e. The predicted molar refractivity (Wildman–Crippen MR) is 175 cm³/mol. The lowest BCUT2D eigenvalue weighted by molar-refractivity contribution is 0.00578. The molecule has 0 radical (unpaired) electrons. The molecule has 3 heterocycles. The van der Waals surface area contributed by atoms with E-state index in [-0.39, 0.29) is 40.7 Å². The minimum atomic E-state index is -1.00. The van der Waals surface area contributed by atoms with Gasteiger partial charge in [-0.15, -0.1) is 0 Å². The van der Waals surface area contributed by atoms with E-state index in [4.69, 9.17) is 29.3 Å². The van der Waals surface area contributed by atoms with Crippen LogP contribution in [0, 0.1) is 0 Å². The monoisotopic (exact) mass is 649 g/mol. The first-order valence-corrected chi connectivity index (χ1v) is 15.1. The van der Waals surface area contributed by atoms with Gasteiger partial charge in [0.15, 0.2) is 0 Å². The molecule has 0 atom stereocenters. The first kappa shape index (κ1) is 35.3. The van der Waals surface area contributed by atoms with Crippen LogP contribution in [0.4, 0.5) is 4.39 Å². The molecular weight excluding hydrogens is 600 g/mol. The molecule has 0 N–H and O–H groups in total. The average Bonchev–Trinajstić information content (AvgIpc) is 3.35. The summed E-state index contributed by atoms with van der Waals surface area (Å²) in [6.45, 7) is 24.5. The van der Waals surface area contributed by atoms with E-state index in [1.807, 2.05) is 116 Å². The number of hydrogen-bond donors (Lipinski definition) is 0. The summed E-state index contributed by atoms with van der Waals surface area (Å²) in [7, 11) is -2.19. The highest BCUT2D eigenvalue weighted by Gasteiger charge is 2.63. The van der Waals surface area contributed by atoms with E-state index < -0.39 is 21.2 Å². The van der Waals surface area contributed by atoms with E-state index in [9.17, 15) is 4.39 Å². The zero-order chi connectivity index (χ0) is 32.9. The summed E-state index contributed by atoms with van der Waals surface area (Å²) < 4.78 is 52.3. The van der Waals surface area contributed by atoms with Gasteiger partial charge in [-0.3, -0.25) is 4.39 Å². The molecule has 5 rings (SSSR count). The second-order valence-corrected chi connectivity index (χ2v) is 14.5. The minimum absolute atomic E-state index is 0.240. The van der Waals surface area contributed by atoms with Gasteiger partial charge in [0.1, 0.15) is 0 Å². The van der Waals surface area contributed by atoms with Crippen LogP contribution in [0.15, 0.2) is 65.1 Å². The van der Waals surface area contributed by atoms with Crippen molar-refractivity contribution in [1.29, 1.82) is 0 Å². The highest BCUT2D eigenvalue weighted by molar-refractivity contribution is 9.10. The largest absolute Gasteiger partial charge is 0.494 e. The Bertz CT molecular complexity index is 1060. The molecule has 42 heavy (non-hydrogen) atoms. The smallest absolute Gasteiger partial charge is 0.405 e. The molecule has 6 nitrogen and oxygen atoms in total. The van der Waals surface area contributed by atoms with Crippen LogP contribution in [0.3, 0.4) is 0 Å². The predicted octanol–water partition coefficient (Wildman–Crippen LogP) is 7.27. The molecular formula is C31H49B3BrFO6. The van der Waals surface area contributed by atoms with Crippen molar-refractivity contribution < 1.29 is 33.7 Å². The molecule has 0 amide bonds. The molecule has 0 aliphatic carbocycles. The fourth-order valence-corrected chi connectivity index (χ4v) is 4.31. The van der Waals surface area contributed by atoms with Crippen LogP contribution in [0.2, 0.25) is 0 Å². The van der Waals surface area contributed by atoms with Crippen molar-refractivity contribution in [3.8, 4) is 0 Å². The van der Waals surface area contributed by atoms with Crippen LogP contribution < -0.4 is 5.46 Å². The lowest BCUT2D eigenvalue weighted by Gasteiger charge is -2.32. The second kappa shape index (κ2) is 13.8. The SMILES string of the molecule is Brc1ccccc1.CC1(C)OB(B2OC(C)(C)C(C)(C)O2)OC1(C)C.CC1(C)OB(c2ccccc2)OC1(C)C.[2H]CF. The van der Waals surface area contributed by atoms with Crippen molar-refractivity contribution in [3.63, 3.8) is 0 Å². The van der Waals surface area contributed by atoms with Crippen molar-refractivity contribution in [2.24, 2.45) is 0 Å². The number of halogens is 2. The highest BCUT2D eigenvalue weighted by Crippen LogP contribution is 2.43. The first-order chi connectivity index (χ1) is 19.6. The normalized spacial score (nSPS) is 23.9. The highest BCUT2D eigenvalue weighted by atomic mass is 79.9. The van der Waals surface area contributed by atoms with Crippen molar-refractivity contribution in [3.05, 3.63) is 65.1 Å². The average molecular weight is 650 g/mol. The van der Waals surface area contributed by atoms with E-state index in [0.717, 1.165) is 9.94 Å². The van der Waals surface area contributed by atoms with E-state index in [1.54, 1.807) is 0 Å². The van der Waals surface area contributed by atoms with Gasteiger partial charge in [0.05, 0.1) is 42.1 Å². The van der Waals surface area contributed by atoms with Gasteiger partial charge in [-0.1, -0.05) is 64.5 Å². The molecule has 2 aromatic carbocycles. The van der Waals surface area contributed by atoms with Gasteiger partial charge in [-0.05, 0) is 101 Å². The van der Waals surface area contributed by atoms with Crippen LogP contribution in [-0.2, 0) is 27.9 Å². The van der Waals surface area contributed by atoms with Crippen LogP contribution in [-0.4, -0.2) is 61.9 Å². The Hall–Kier alpha value is -1.20. The van der Waals surface area contributed by atoms with E-state index in [2.05, 4.69) is 43.6 Å². The molecule has 0 spiro atoms. The Labute approximate surface area is 264 Å². The molecule has 3 saturated heterocycles. The molecule has 11 heteroatoms. The van der Waals surface area contributed by atoms with Crippen molar-refractivity contribution in [2.45, 2.75) is 117 Å². The summed E-state index contributed by atoms with van der Waals surface area (Å²) in [4.78, 5) is 0. The maximum Gasteiger partial charge on any atom is 0.494 e. The van der Waals surface area contributed by atoms with E-state index >= 15 is 0 Å². The molecule has 232 valence electrons. The molecule has 0 bridgehead atoms. The maximum atomic E-state index is 9.96.